The van der Waals surface area contributed by atoms with E-state index >= 15 is 0 Å². The van der Waals surface area contributed by atoms with Crippen molar-refractivity contribution in [1.82, 2.24) is 20.0 Å². The van der Waals surface area contributed by atoms with Crippen LogP contribution < -0.4 is 10.6 Å². The first kappa shape index (κ1) is 23.8. The highest BCUT2D eigenvalue weighted by Crippen LogP contribution is 2.14. The van der Waals surface area contributed by atoms with Gasteiger partial charge in [0.05, 0.1) is 19.6 Å². The molecule has 0 aromatic heterocycles. The van der Waals surface area contributed by atoms with Crippen molar-refractivity contribution < 1.29 is 24.3 Å². The fourth-order valence-corrected chi connectivity index (χ4v) is 3.99. The van der Waals surface area contributed by atoms with E-state index in [0.29, 0.717) is 44.0 Å². The Morgan fingerprint density at radius 3 is 2.34 bits per heavy atom. The largest absolute Gasteiger partial charge is 0.395 e. The molecular weight excluding hydrogens is 414 g/mol. The SMILES string of the molecule is CC(=O)c1ccc(NC(=O)C[C@H]2C(=O)NCCN2C(=O)CN2CCN(CCO)CC2)cc1. The number of aliphatic hydroxyl groups is 1. The second kappa shape index (κ2) is 11.2. The van der Waals surface area contributed by atoms with Crippen LogP contribution in [-0.4, -0.2) is 108 Å². The molecule has 0 bridgehead atoms. The van der Waals surface area contributed by atoms with Crippen LogP contribution in [0.1, 0.15) is 23.7 Å². The maximum Gasteiger partial charge on any atom is 0.243 e. The Kier molecular flexibility index (Phi) is 8.32. The Hall–Kier alpha value is -2.82. The Morgan fingerprint density at radius 1 is 1.06 bits per heavy atom. The molecule has 2 heterocycles. The van der Waals surface area contributed by atoms with Gasteiger partial charge in [-0.15, -0.1) is 0 Å². The number of Topliss-reactive ketones (excluding diaryl/α,β-unsaturated/α-hetero) is 1. The van der Waals surface area contributed by atoms with Crippen LogP contribution in [0.2, 0.25) is 0 Å². The summed E-state index contributed by atoms with van der Waals surface area (Å²) in [5.41, 5.74) is 1.07. The van der Waals surface area contributed by atoms with Crippen LogP contribution in [0.4, 0.5) is 5.69 Å². The molecule has 0 unspecified atom stereocenters. The van der Waals surface area contributed by atoms with Gasteiger partial charge < -0.3 is 20.6 Å². The summed E-state index contributed by atoms with van der Waals surface area (Å²) in [5.74, 6) is -0.942. The van der Waals surface area contributed by atoms with E-state index in [4.69, 9.17) is 5.11 Å². The topological polar surface area (TPSA) is 122 Å². The predicted molar refractivity (Wildman–Crippen MR) is 118 cm³/mol. The predicted octanol–water partition coefficient (Wildman–Crippen LogP) is -0.845. The molecule has 10 nitrogen and oxygen atoms in total. The van der Waals surface area contributed by atoms with Gasteiger partial charge in [0.15, 0.2) is 5.78 Å². The quantitative estimate of drug-likeness (QED) is 0.446. The molecule has 2 fully saturated rings. The molecule has 3 rings (SSSR count). The number of nitrogens with one attached hydrogen (secondary N) is 2. The number of amides is 3. The standard InChI is InChI=1S/C22H31N5O5/c1-16(29)17-2-4-18(5-3-17)24-20(30)14-19-22(32)23-6-7-27(19)21(31)15-26-10-8-25(9-11-26)12-13-28/h2-5,19,28H,6-15H2,1H3,(H,23,32)(H,24,30)/t19-/m0/s1. The third-order valence-electron chi connectivity index (χ3n) is 5.85. The number of anilines is 1. The van der Waals surface area contributed by atoms with E-state index < -0.39 is 6.04 Å². The van der Waals surface area contributed by atoms with Crippen molar-refractivity contribution in [2.75, 3.05) is 64.3 Å². The molecule has 0 aliphatic carbocycles. The van der Waals surface area contributed by atoms with E-state index in [2.05, 4.69) is 15.5 Å². The lowest BCUT2D eigenvalue weighted by atomic mass is 10.1. The number of rotatable bonds is 8. The summed E-state index contributed by atoms with van der Waals surface area (Å²) in [5, 5.41) is 14.5. The summed E-state index contributed by atoms with van der Waals surface area (Å²) in [7, 11) is 0. The van der Waals surface area contributed by atoms with Crippen LogP contribution in [0.5, 0.6) is 0 Å². The molecular formula is C22H31N5O5. The zero-order valence-electron chi connectivity index (χ0n) is 18.4. The zero-order valence-corrected chi connectivity index (χ0v) is 18.4. The molecule has 2 aliphatic rings. The highest BCUT2D eigenvalue weighted by Gasteiger charge is 2.35. The van der Waals surface area contributed by atoms with Crippen LogP contribution in [0.15, 0.2) is 24.3 Å². The number of β-amino-alcohol motifs (C(OH)–C–C–N with tert-alkyl or cyclic N) is 1. The number of benzene rings is 1. The first-order valence-corrected chi connectivity index (χ1v) is 10.9. The van der Waals surface area contributed by atoms with Gasteiger partial charge in [0.1, 0.15) is 6.04 Å². The van der Waals surface area contributed by atoms with Crippen molar-refractivity contribution in [2.45, 2.75) is 19.4 Å². The number of ketones is 1. The normalized spacial score (nSPS) is 20.0. The molecule has 174 valence electrons. The number of carbonyl (C=O) groups is 4. The number of hydrogen-bond acceptors (Lipinski definition) is 7. The van der Waals surface area contributed by atoms with Crippen LogP contribution >= 0.6 is 0 Å². The van der Waals surface area contributed by atoms with Crippen molar-refractivity contribution >= 4 is 29.2 Å². The lowest BCUT2D eigenvalue weighted by Crippen LogP contribution is -2.60. The van der Waals surface area contributed by atoms with E-state index in [1.807, 2.05) is 4.90 Å². The Balaban J connectivity index is 1.56. The minimum absolute atomic E-state index is 0.0642. The minimum Gasteiger partial charge on any atom is -0.395 e. The number of piperazine rings is 2. The van der Waals surface area contributed by atoms with E-state index in [9.17, 15) is 19.2 Å². The molecule has 3 amide bonds. The average molecular weight is 446 g/mol. The van der Waals surface area contributed by atoms with Gasteiger partial charge in [-0.3, -0.25) is 29.0 Å². The van der Waals surface area contributed by atoms with Crippen LogP contribution in [0, 0.1) is 0 Å². The average Bonchev–Trinajstić information content (AvgIpc) is 2.77. The molecule has 0 saturated carbocycles. The Labute approximate surface area is 187 Å². The smallest absolute Gasteiger partial charge is 0.243 e. The summed E-state index contributed by atoms with van der Waals surface area (Å²) in [6.45, 7) is 6.13. The van der Waals surface area contributed by atoms with Gasteiger partial charge in [0, 0.05) is 57.1 Å². The van der Waals surface area contributed by atoms with E-state index in [-0.39, 0.29) is 43.1 Å². The molecule has 1 atom stereocenters. The fraction of sp³-hybridized carbons (Fsp3) is 0.545. The summed E-state index contributed by atoms with van der Waals surface area (Å²) >= 11 is 0. The molecule has 1 aromatic carbocycles. The van der Waals surface area contributed by atoms with Crippen molar-refractivity contribution in [3.05, 3.63) is 29.8 Å². The highest BCUT2D eigenvalue weighted by atomic mass is 16.3. The Morgan fingerprint density at radius 2 is 1.72 bits per heavy atom. The van der Waals surface area contributed by atoms with Crippen LogP contribution in [0.3, 0.4) is 0 Å². The molecule has 1 aromatic rings. The van der Waals surface area contributed by atoms with Crippen LogP contribution in [-0.2, 0) is 14.4 Å². The highest BCUT2D eigenvalue weighted by molar-refractivity contribution is 5.98. The van der Waals surface area contributed by atoms with Gasteiger partial charge in [0.2, 0.25) is 17.7 Å². The molecule has 3 N–H and O–H groups in total. The Bertz CT molecular complexity index is 836. The number of aliphatic hydroxyl groups excluding tert-OH is 1. The van der Waals surface area contributed by atoms with E-state index in [1.54, 1.807) is 24.3 Å². The summed E-state index contributed by atoms with van der Waals surface area (Å²) in [6, 6.07) is 5.66. The summed E-state index contributed by atoms with van der Waals surface area (Å²) in [6.07, 6.45) is -0.143. The maximum atomic E-state index is 13.0. The van der Waals surface area contributed by atoms with Gasteiger partial charge in [-0.2, -0.15) is 0 Å². The lowest BCUT2D eigenvalue weighted by Gasteiger charge is -2.38. The molecule has 2 aliphatic heterocycles. The van der Waals surface area contributed by atoms with Crippen molar-refractivity contribution in [2.24, 2.45) is 0 Å². The fourth-order valence-electron chi connectivity index (χ4n) is 3.99. The molecule has 10 heteroatoms. The maximum absolute atomic E-state index is 13.0. The molecule has 32 heavy (non-hydrogen) atoms. The monoisotopic (exact) mass is 445 g/mol. The second-order valence-electron chi connectivity index (χ2n) is 8.12. The van der Waals surface area contributed by atoms with E-state index in [0.717, 1.165) is 13.1 Å². The summed E-state index contributed by atoms with van der Waals surface area (Å²) in [4.78, 5) is 55.0. The second-order valence-corrected chi connectivity index (χ2v) is 8.12. The van der Waals surface area contributed by atoms with Gasteiger partial charge in [-0.25, -0.2) is 0 Å². The molecule has 0 radical (unpaired) electrons. The number of carbonyl (C=O) groups excluding carboxylic acids is 4. The molecule has 2 saturated heterocycles. The van der Waals surface area contributed by atoms with Gasteiger partial charge in [-0.05, 0) is 31.2 Å². The van der Waals surface area contributed by atoms with Crippen molar-refractivity contribution in [3.63, 3.8) is 0 Å². The third kappa shape index (κ3) is 6.35. The van der Waals surface area contributed by atoms with Gasteiger partial charge in [-0.1, -0.05) is 0 Å². The number of hydrogen-bond donors (Lipinski definition) is 3. The van der Waals surface area contributed by atoms with Crippen molar-refractivity contribution in [3.8, 4) is 0 Å². The summed E-state index contributed by atoms with van der Waals surface area (Å²) < 4.78 is 0. The zero-order chi connectivity index (χ0) is 23.1. The first-order valence-electron chi connectivity index (χ1n) is 10.9. The van der Waals surface area contributed by atoms with Crippen molar-refractivity contribution in [1.29, 1.82) is 0 Å². The number of nitrogens with zero attached hydrogens (tertiary/aromatic N) is 3. The van der Waals surface area contributed by atoms with Crippen LogP contribution in [0.25, 0.3) is 0 Å². The minimum atomic E-state index is -0.858. The third-order valence-corrected chi connectivity index (χ3v) is 5.85. The van der Waals surface area contributed by atoms with Gasteiger partial charge >= 0.3 is 0 Å². The first-order chi connectivity index (χ1) is 15.4. The van der Waals surface area contributed by atoms with Gasteiger partial charge in [0.25, 0.3) is 0 Å². The van der Waals surface area contributed by atoms with E-state index in [1.165, 1.54) is 11.8 Å². The molecule has 0 spiro atoms. The lowest BCUT2D eigenvalue weighted by molar-refractivity contribution is -0.145.